The maximum Gasteiger partial charge on any atom is 0.150 e. The Labute approximate surface area is 113 Å². The van der Waals surface area contributed by atoms with Crippen molar-refractivity contribution in [1.29, 1.82) is 0 Å². The highest BCUT2D eigenvalue weighted by molar-refractivity contribution is 5.47. The summed E-state index contributed by atoms with van der Waals surface area (Å²) < 4.78 is 7.29. The van der Waals surface area contributed by atoms with E-state index in [-0.39, 0.29) is 0 Å². The summed E-state index contributed by atoms with van der Waals surface area (Å²) in [6.45, 7) is 4.77. The van der Waals surface area contributed by atoms with E-state index in [1.165, 1.54) is 0 Å². The second kappa shape index (κ2) is 5.73. The molecule has 0 aliphatic rings. The molecule has 102 valence electrons. The average Bonchev–Trinajstić information content (AvgIpc) is 2.81. The van der Waals surface area contributed by atoms with Crippen LogP contribution in [0, 0.1) is 0 Å². The second-order valence-electron chi connectivity index (χ2n) is 4.38. The summed E-state index contributed by atoms with van der Waals surface area (Å²) in [6, 6.07) is 5.64. The largest absolute Gasteiger partial charge is 0.496 e. The van der Waals surface area contributed by atoms with Crippen LogP contribution in [0.5, 0.6) is 5.75 Å². The molecule has 5 nitrogen and oxygen atoms in total. The zero-order valence-corrected chi connectivity index (χ0v) is 11.7. The van der Waals surface area contributed by atoms with Gasteiger partial charge in [0.1, 0.15) is 11.6 Å². The van der Waals surface area contributed by atoms with E-state index in [1.807, 2.05) is 22.9 Å². The summed E-state index contributed by atoms with van der Waals surface area (Å²) in [5.41, 5.74) is 7.58. The van der Waals surface area contributed by atoms with Crippen molar-refractivity contribution in [2.24, 2.45) is 0 Å². The van der Waals surface area contributed by atoms with Gasteiger partial charge in [-0.1, -0.05) is 13.8 Å². The van der Waals surface area contributed by atoms with Crippen molar-refractivity contribution in [3.63, 3.8) is 0 Å². The van der Waals surface area contributed by atoms with Gasteiger partial charge >= 0.3 is 0 Å². The van der Waals surface area contributed by atoms with Crippen LogP contribution < -0.4 is 10.5 Å². The molecule has 1 aromatic heterocycles. The van der Waals surface area contributed by atoms with Crippen molar-refractivity contribution >= 4 is 5.69 Å². The van der Waals surface area contributed by atoms with E-state index in [9.17, 15) is 0 Å². The van der Waals surface area contributed by atoms with E-state index in [0.717, 1.165) is 41.5 Å². The molecular formula is C14H20N4O. The summed E-state index contributed by atoms with van der Waals surface area (Å²) in [6.07, 6.45) is 1.70. The van der Waals surface area contributed by atoms with E-state index < -0.39 is 0 Å². The molecule has 2 aromatic rings. The SMILES string of the molecule is CCc1nc(CC)n(Cc2cc(N)ccc2OC)n1. The lowest BCUT2D eigenvalue weighted by Gasteiger charge is -2.10. The first-order valence-electron chi connectivity index (χ1n) is 6.52. The van der Waals surface area contributed by atoms with Crippen LogP contribution in [0.2, 0.25) is 0 Å². The molecular weight excluding hydrogens is 240 g/mol. The van der Waals surface area contributed by atoms with E-state index in [1.54, 1.807) is 7.11 Å². The summed E-state index contributed by atoms with van der Waals surface area (Å²) in [5, 5.41) is 4.51. The molecule has 0 spiro atoms. The van der Waals surface area contributed by atoms with Crippen molar-refractivity contribution in [1.82, 2.24) is 14.8 Å². The molecule has 0 saturated carbocycles. The minimum atomic E-state index is 0.629. The van der Waals surface area contributed by atoms with E-state index >= 15 is 0 Å². The second-order valence-corrected chi connectivity index (χ2v) is 4.38. The molecule has 5 heteroatoms. The van der Waals surface area contributed by atoms with Crippen LogP contribution >= 0.6 is 0 Å². The van der Waals surface area contributed by atoms with Crippen LogP contribution in [0.25, 0.3) is 0 Å². The number of hydrogen-bond acceptors (Lipinski definition) is 4. The van der Waals surface area contributed by atoms with Gasteiger partial charge in [0.15, 0.2) is 5.82 Å². The summed E-state index contributed by atoms with van der Waals surface area (Å²) in [7, 11) is 1.66. The normalized spacial score (nSPS) is 10.7. The molecule has 0 atom stereocenters. The highest BCUT2D eigenvalue weighted by Crippen LogP contribution is 2.22. The fraction of sp³-hybridized carbons (Fsp3) is 0.429. The highest BCUT2D eigenvalue weighted by atomic mass is 16.5. The van der Waals surface area contributed by atoms with Gasteiger partial charge in [-0.3, -0.25) is 0 Å². The average molecular weight is 260 g/mol. The molecule has 2 N–H and O–H groups in total. The van der Waals surface area contributed by atoms with Crippen LogP contribution in [0.1, 0.15) is 31.1 Å². The van der Waals surface area contributed by atoms with Crippen molar-refractivity contribution in [3.05, 3.63) is 35.4 Å². The van der Waals surface area contributed by atoms with Gasteiger partial charge in [-0.15, -0.1) is 0 Å². The molecule has 0 aliphatic carbocycles. The molecule has 0 saturated heterocycles. The Morgan fingerprint density at radius 1 is 1.26 bits per heavy atom. The van der Waals surface area contributed by atoms with Crippen LogP contribution in [-0.2, 0) is 19.4 Å². The molecule has 2 rings (SSSR count). The standard InChI is InChI=1S/C14H20N4O/c1-4-13-16-14(5-2)18(17-13)9-10-8-11(15)6-7-12(10)19-3/h6-8H,4-5,9,15H2,1-3H3. The maximum atomic E-state index is 5.84. The van der Waals surface area contributed by atoms with Crippen LogP contribution in [0.3, 0.4) is 0 Å². The van der Waals surface area contributed by atoms with E-state index in [0.29, 0.717) is 6.54 Å². The van der Waals surface area contributed by atoms with Crippen molar-refractivity contribution in [2.75, 3.05) is 12.8 Å². The van der Waals surface area contributed by atoms with Gasteiger partial charge in [-0.05, 0) is 18.2 Å². The first-order chi connectivity index (χ1) is 9.17. The number of methoxy groups -OCH3 is 1. The van der Waals surface area contributed by atoms with Crippen molar-refractivity contribution in [3.8, 4) is 5.75 Å². The molecule has 19 heavy (non-hydrogen) atoms. The molecule has 1 aromatic carbocycles. The quantitative estimate of drug-likeness (QED) is 0.835. The number of nitrogen functional groups attached to an aromatic ring is 1. The van der Waals surface area contributed by atoms with Gasteiger partial charge in [-0.25, -0.2) is 9.67 Å². The Kier molecular flexibility index (Phi) is 4.04. The minimum absolute atomic E-state index is 0.629. The molecule has 0 fully saturated rings. The summed E-state index contributed by atoms with van der Waals surface area (Å²) in [4.78, 5) is 4.50. The van der Waals surface area contributed by atoms with Gasteiger partial charge in [-0.2, -0.15) is 5.10 Å². The fourth-order valence-electron chi connectivity index (χ4n) is 2.05. The van der Waals surface area contributed by atoms with Crippen molar-refractivity contribution in [2.45, 2.75) is 33.2 Å². The molecule has 1 heterocycles. The van der Waals surface area contributed by atoms with Gasteiger partial charge in [0.05, 0.1) is 13.7 Å². The van der Waals surface area contributed by atoms with E-state index in [4.69, 9.17) is 10.5 Å². The molecule has 0 bridgehead atoms. The number of nitrogens with two attached hydrogens (primary N) is 1. The Balaban J connectivity index is 2.34. The predicted octanol–water partition coefficient (Wildman–Crippen LogP) is 2.04. The molecule has 0 amide bonds. The van der Waals surface area contributed by atoms with Crippen LogP contribution in [0.4, 0.5) is 5.69 Å². The lowest BCUT2D eigenvalue weighted by molar-refractivity contribution is 0.407. The molecule has 0 unspecified atom stereocenters. The zero-order valence-electron chi connectivity index (χ0n) is 11.7. The summed E-state index contributed by atoms with van der Waals surface area (Å²) in [5.74, 6) is 2.69. The monoisotopic (exact) mass is 260 g/mol. The lowest BCUT2D eigenvalue weighted by atomic mass is 10.1. The number of ether oxygens (including phenoxy) is 1. The number of aryl methyl sites for hydroxylation is 2. The third kappa shape index (κ3) is 2.86. The number of aromatic nitrogens is 3. The van der Waals surface area contributed by atoms with Gasteiger partial charge in [0.25, 0.3) is 0 Å². The fourth-order valence-corrected chi connectivity index (χ4v) is 2.05. The van der Waals surface area contributed by atoms with Crippen LogP contribution in [0.15, 0.2) is 18.2 Å². The molecule has 0 radical (unpaired) electrons. The highest BCUT2D eigenvalue weighted by Gasteiger charge is 2.10. The van der Waals surface area contributed by atoms with Gasteiger partial charge in [0.2, 0.25) is 0 Å². The Morgan fingerprint density at radius 2 is 2.05 bits per heavy atom. The third-order valence-corrected chi connectivity index (χ3v) is 3.05. The summed E-state index contributed by atoms with van der Waals surface area (Å²) >= 11 is 0. The third-order valence-electron chi connectivity index (χ3n) is 3.05. The Morgan fingerprint density at radius 3 is 2.68 bits per heavy atom. The smallest absolute Gasteiger partial charge is 0.150 e. The van der Waals surface area contributed by atoms with Crippen molar-refractivity contribution < 1.29 is 4.74 Å². The Hall–Kier alpha value is -2.04. The zero-order chi connectivity index (χ0) is 13.8. The number of rotatable bonds is 5. The number of benzene rings is 1. The predicted molar refractivity (Wildman–Crippen MR) is 75.3 cm³/mol. The Bertz CT molecular complexity index is 563. The number of hydrogen-bond donors (Lipinski definition) is 1. The first-order valence-corrected chi connectivity index (χ1v) is 6.52. The maximum absolute atomic E-state index is 5.84. The molecule has 0 aliphatic heterocycles. The minimum Gasteiger partial charge on any atom is -0.496 e. The lowest BCUT2D eigenvalue weighted by Crippen LogP contribution is -2.08. The van der Waals surface area contributed by atoms with Gasteiger partial charge < -0.3 is 10.5 Å². The van der Waals surface area contributed by atoms with Crippen LogP contribution in [-0.4, -0.2) is 21.9 Å². The number of anilines is 1. The topological polar surface area (TPSA) is 66.0 Å². The first kappa shape index (κ1) is 13.4. The van der Waals surface area contributed by atoms with E-state index in [2.05, 4.69) is 23.9 Å². The number of nitrogens with zero attached hydrogens (tertiary/aromatic N) is 3. The van der Waals surface area contributed by atoms with Gasteiger partial charge in [0, 0.05) is 24.1 Å².